The van der Waals surface area contributed by atoms with Gasteiger partial charge in [-0.05, 0) is 26.2 Å². The minimum absolute atomic E-state index is 0.108. The SMILES string of the molecule is CC(C)C[C@H](N)C(=O)N1CCN(CCOC(C)C)CC1. The molecule has 20 heavy (non-hydrogen) atoms. The van der Waals surface area contributed by atoms with Crippen molar-refractivity contribution in [1.29, 1.82) is 0 Å². The van der Waals surface area contributed by atoms with E-state index in [1.165, 1.54) is 0 Å². The van der Waals surface area contributed by atoms with Gasteiger partial charge in [-0.25, -0.2) is 0 Å². The van der Waals surface area contributed by atoms with Crippen molar-refractivity contribution in [2.75, 3.05) is 39.3 Å². The van der Waals surface area contributed by atoms with Gasteiger partial charge in [0.25, 0.3) is 0 Å². The van der Waals surface area contributed by atoms with Crippen molar-refractivity contribution in [1.82, 2.24) is 9.80 Å². The van der Waals surface area contributed by atoms with Crippen LogP contribution in [0.5, 0.6) is 0 Å². The van der Waals surface area contributed by atoms with Crippen molar-refractivity contribution in [2.45, 2.75) is 46.3 Å². The van der Waals surface area contributed by atoms with Crippen molar-refractivity contribution >= 4 is 5.91 Å². The topological polar surface area (TPSA) is 58.8 Å². The Morgan fingerprint density at radius 1 is 1.15 bits per heavy atom. The molecule has 0 unspecified atom stereocenters. The van der Waals surface area contributed by atoms with E-state index in [2.05, 4.69) is 18.7 Å². The number of hydrogen-bond acceptors (Lipinski definition) is 4. The number of carbonyl (C=O) groups excluding carboxylic acids is 1. The van der Waals surface area contributed by atoms with Gasteiger partial charge in [0.05, 0.1) is 18.8 Å². The summed E-state index contributed by atoms with van der Waals surface area (Å²) in [5, 5.41) is 0. The Labute approximate surface area is 123 Å². The summed E-state index contributed by atoms with van der Waals surface area (Å²) in [7, 11) is 0. The number of rotatable bonds is 7. The van der Waals surface area contributed by atoms with Gasteiger partial charge < -0.3 is 15.4 Å². The van der Waals surface area contributed by atoms with E-state index in [9.17, 15) is 4.79 Å². The number of hydrogen-bond donors (Lipinski definition) is 1. The summed E-state index contributed by atoms with van der Waals surface area (Å²) in [6, 6.07) is -0.342. The summed E-state index contributed by atoms with van der Waals surface area (Å²) >= 11 is 0. The molecule has 2 N–H and O–H groups in total. The molecule has 5 heteroatoms. The maximum Gasteiger partial charge on any atom is 0.239 e. The van der Waals surface area contributed by atoms with Crippen LogP contribution in [0.15, 0.2) is 0 Å². The van der Waals surface area contributed by atoms with E-state index < -0.39 is 0 Å². The fourth-order valence-corrected chi connectivity index (χ4v) is 2.45. The molecule has 1 aliphatic heterocycles. The van der Waals surface area contributed by atoms with Gasteiger partial charge in [-0.2, -0.15) is 0 Å². The van der Waals surface area contributed by atoms with E-state index in [-0.39, 0.29) is 18.1 Å². The van der Waals surface area contributed by atoms with Gasteiger partial charge in [0.1, 0.15) is 0 Å². The molecule has 0 radical (unpaired) electrons. The van der Waals surface area contributed by atoms with Crippen molar-refractivity contribution in [3.8, 4) is 0 Å². The Balaban J connectivity index is 2.25. The van der Waals surface area contributed by atoms with Gasteiger partial charge in [-0.15, -0.1) is 0 Å². The smallest absolute Gasteiger partial charge is 0.239 e. The van der Waals surface area contributed by atoms with Gasteiger partial charge >= 0.3 is 0 Å². The Morgan fingerprint density at radius 3 is 2.25 bits per heavy atom. The Bertz CT molecular complexity index is 287. The Morgan fingerprint density at radius 2 is 1.75 bits per heavy atom. The molecule has 0 aromatic carbocycles. The second-order valence-corrected chi connectivity index (χ2v) is 6.32. The number of piperazine rings is 1. The normalized spacial score (nSPS) is 18.9. The summed E-state index contributed by atoms with van der Waals surface area (Å²) in [5.74, 6) is 0.570. The molecule has 1 aliphatic rings. The number of ether oxygens (including phenoxy) is 1. The standard InChI is InChI=1S/C15H31N3O2/c1-12(2)11-14(16)15(19)18-7-5-17(6-8-18)9-10-20-13(3)4/h12-14H,5-11,16H2,1-4H3/t14-/m0/s1. The van der Waals surface area contributed by atoms with E-state index in [0.29, 0.717) is 5.92 Å². The molecule has 5 nitrogen and oxygen atoms in total. The highest BCUT2D eigenvalue weighted by Crippen LogP contribution is 2.08. The molecule has 0 aromatic rings. The highest BCUT2D eigenvalue weighted by molar-refractivity contribution is 5.81. The average molecular weight is 285 g/mol. The lowest BCUT2D eigenvalue weighted by Gasteiger charge is -2.36. The van der Waals surface area contributed by atoms with Crippen LogP contribution in [0.1, 0.15) is 34.1 Å². The summed E-state index contributed by atoms with van der Waals surface area (Å²) < 4.78 is 5.56. The molecule has 118 valence electrons. The highest BCUT2D eigenvalue weighted by atomic mass is 16.5. The van der Waals surface area contributed by atoms with Gasteiger partial charge in [-0.3, -0.25) is 9.69 Å². The average Bonchev–Trinajstić information content (AvgIpc) is 2.37. The van der Waals surface area contributed by atoms with Crippen molar-refractivity contribution in [3.05, 3.63) is 0 Å². The lowest BCUT2D eigenvalue weighted by Crippen LogP contribution is -2.53. The van der Waals surface area contributed by atoms with E-state index in [4.69, 9.17) is 10.5 Å². The quantitative estimate of drug-likeness (QED) is 0.756. The van der Waals surface area contributed by atoms with Crippen LogP contribution < -0.4 is 5.73 Å². The van der Waals surface area contributed by atoms with E-state index in [1.54, 1.807) is 0 Å². The summed E-state index contributed by atoms with van der Waals surface area (Å²) in [4.78, 5) is 16.5. The molecule has 0 spiro atoms. The zero-order valence-electron chi connectivity index (χ0n) is 13.5. The fourth-order valence-electron chi connectivity index (χ4n) is 2.45. The first-order valence-corrected chi connectivity index (χ1v) is 7.78. The van der Waals surface area contributed by atoms with Crippen LogP contribution in [0.3, 0.4) is 0 Å². The highest BCUT2D eigenvalue weighted by Gasteiger charge is 2.25. The summed E-state index contributed by atoms with van der Waals surface area (Å²) in [6.45, 7) is 13.4. The van der Waals surface area contributed by atoms with Crippen molar-refractivity contribution in [2.24, 2.45) is 11.7 Å². The maximum atomic E-state index is 12.2. The third-order valence-corrected chi connectivity index (χ3v) is 3.59. The second kappa shape index (κ2) is 8.60. The minimum Gasteiger partial charge on any atom is -0.377 e. The predicted molar refractivity (Wildman–Crippen MR) is 81.5 cm³/mol. The number of nitrogens with two attached hydrogens (primary N) is 1. The zero-order valence-corrected chi connectivity index (χ0v) is 13.5. The molecule has 1 saturated heterocycles. The molecule has 1 fully saturated rings. The van der Waals surface area contributed by atoms with Crippen LogP contribution in [0.4, 0.5) is 0 Å². The van der Waals surface area contributed by atoms with Crippen molar-refractivity contribution in [3.63, 3.8) is 0 Å². The first kappa shape index (κ1) is 17.4. The molecule has 1 heterocycles. The van der Waals surface area contributed by atoms with Gasteiger partial charge in [0.2, 0.25) is 5.91 Å². The molecular formula is C15H31N3O2. The molecule has 1 amide bonds. The van der Waals surface area contributed by atoms with Crippen LogP contribution in [0.2, 0.25) is 0 Å². The number of nitrogens with zero attached hydrogens (tertiary/aromatic N) is 2. The molecule has 1 atom stereocenters. The first-order valence-electron chi connectivity index (χ1n) is 7.78. The van der Waals surface area contributed by atoms with Crippen LogP contribution in [-0.2, 0) is 9.53 Å². The Hall–Kier alpha value is -0.650. The van der Waals surface area contributed by atoms with Gasteiger partial charge in [0, 0.05) is 32.7 Å². The summed E-state index contributed by atoms with van der Waals surface area (Å²) in [6.07, 6.45) is 1.05. The van der Waals surface area contributed by atoms with Crippen LogP contribution in [-0.4, -0.2) is 67.2 Å². The third kappa shape index (κ3) is 6.20. The lowest BCUT2D eigenvalue weighted by atomic mass is 10.0. The molecule has 0 saturated carbocycles. The zero-order chi connectivity index (χ0) is 15.1. The van der Waals surface area contributed by atoms with Crippen molar-refractivity contribution < 1.29 is 9.53 Å². The van der Waals surface area contributed by atoms with Crippen LogP contribution in [0.25, 0.3) is 0 Å². The van der Waals surface area contributed by atoms with Gasteiger partial charge in [0.15, 0.2) is 0 Å². The fraction of sp³-hybridized carbons (Fsp3) is 0.933. The lowest BCUT2D eigenvalue weighted by molar-refractivity contribution is -0.134. The first-order chi connectivity index (χ1) is 9.40. The molecular weight excluding hydrogens is 254 g/mol. The van der Waals surface area contributed by atoms with Crippen LogP contribution in [0, 0.1) is 5.92 Å². The molecule has 0 aliphatic carbocycles. The predicted octanol–water partition coefficient (Wildman–Crippen LogP) is 0.929. The molecule has 0 bridgehead atoms. The van der Waals surface area contributed by atoms with Gasteiger partial charge in [-0.1, -0.05) is 13.8 Å². The van der Waals surface area contributed by atoms with E-state index in [1.807, 2.05) is 18.7 Å². The largest absolute Gasteiger partial charge is 0.377 e. The Kier molecular flexibility index (Phi) is 7.48. The number of carbonyl (C=O) groups is 1. The molecule has 1 rings (SSSR count). The second-order valence-electron chi connectivity index (χ2n) is 6.32. The van der Waals surface area contributed by atoms with E-state index >= 15 is 0 Å². The summed E-state index contributed by atoms with van der Waals surface area (Å²) in [5.41, 5.74) is 5.97. The number of amides is 1. The van der Waals surface area contributed by atoms with E-state index in [0.717, 1.165) is 45.8 Å². The maximum absolute atomic E-state index is 12.2. The third-order valence-electron chi connectivity index (χ3n) is 3.59. The van der Waals surface area contributed by atoms with Crippen LogP contribution >= 0.6 is 0 Å². The monoisotopic (exact) mass is 285 g/mol. The minimum atomic E-state index is -0.342. The molecule has 0 aromatic heterocycles.